The molecule has 5 rings (SSSR count). The Balaban J connectivity index is 1.43. The summed E-state index contributed by atoms with van der Waals surface area (Å²) >= 11 is 0. The maximum absolute atomic E-state index is 13.2. The number of urea groups is 1. The van der Waals surface area contributed by atoms with E-state index in [0.717, 1.165) is 72.3 Å². The van der Waals surface area contributed by atoms with Gasteiger partial charge in [0.1, 0.15) is 5.76 Å². The second-order valence-electron chi connectivity index (χ2n) is 9.79. The number of halogens is 2. The van der Waals surface area contributed by atoms with E-state index < -0.39 is 35.3 Å². The Hall–Kier alpha value is -3.09. The van der Waals surface area contributed by atoms with Crippen LogP contribution in [0.4, 0.5) is 19.3 Å². The fourth-order valence-corrected chi connectivity index (χ4v) is 6.10. The molecule has 0 atom stereocenters. The summed E-state index contributed by atoms with van der Waals surface area (Å²) in [6.45, 7) is 1.70. The minimum absolute atomic E-state index is 0.421. The van der Waals surface area contributed by atoms with Crippen molar-refractivity contribution in [3.8, 4) is 17.0 Å². The van der Waals surface area contributed by atoms with E-state index in [1.54, 1.807) is 12.3 Å². The van der Waals surface area contributed by atoms with Gasteiger partial charge in [0.2, 0.25) is 5.88 Å². The summed E-state index contributed by atoms with van der Waals surface area (Å²) in [6, 6.07) is 4.69. The van der Waals surface area contributed by atoms with Gasteiger partial charge in [0.15, 0.2) is 0 Å². The lowest BCUT2D eigenvalue weighted by Crippen LogP contribution is -2.61. The minimum atomic E-state index is -4.39. The van der Waals surface area contributed by atoms with E-state index in [1.165, 1.54) is 0 Å². The Labute approximate surface area is 214 Å². The SMILES string of the molecule is Cc1cc2c(c(NC(=O)NS(=O)(=O)N3CC(F)(F)C3)c1-c1ccnc(OC3=CCN(C)CC3)c1)CCC2. The molecule has 0 spiro atoms. The number of carbonyl (C=O) groups excluding carboxylic acids is 1. The number of ether oxygens (including phenoxy) is 1. The molecular formula is C25H29F2N5O4S. The van der Waals surface area contributed by atoms with E-state index >= 15 is 0 Å². The first-order chi connectivity index (χ1) is 17.5. The molecule has 198 valence electrons. The molecule has 2 amide bonds. The lowest BCUT2D eigenvalue weighted by atomic mass is 9.93. The molecule has 37 heavy (non-hydrogen) atoms. The van der Waals surface area contributed by atoms with Gasteiger partial charge < -0.3 is 15.0 Å². The number of pyridine rings is 1. The molecule has 0 radical (unpaired) electrons. The molecular weight excluding hydrogens is 504 g/mol. The second kappa shape index (κ2) is 9.66. The van der Waals surface area contributed by atoms with Gasteiger partial charge in [-0.05, 0) is 67.6 Å². The third kappa shape index (κ3) is 5.46. The van der Waals surface area contributed by atoms with Crippen molar-refractivity contribution in [1.82, 2.24) is 18.9 Å². The molecule has 0 unspecified atom stereocenters. The number of carbonyl (C=O) groups is 1. The van der Waals surface area contributed by atoms with Crippen molar-refractivity contribution in [3.63, 3.8) is 0 Å². The van der Waals surface area contributed by atoms with Gasteiger partial charge in [-0.25, -0.2) is 23.3 Å². The number of rotatable bonds is 6. The highest BCUT2D eigenvalue weighted by atomic mass is 32.2. The van der Waals surface area contributed by atoms with Crippen LogP contribution in [0, 0.1) is 6.92 Å². The molecule has 9 nitrogen and oxygen atoms in total. The summed E-state index contributed by atoms with van der Waals surface area (Å²) < 4.78 is 59.6. The fraction of sp³-hybridized carbons (Fsp3) is 0.440. The number of nitrogens with one attached hydrogen (secondary N) is 2. The van der Waals surface area contributed by atoms with Gasteiger partial charge in [0, 0.05) is 37.3 Å². The standard InChI is InChI=1S/C25H29F2N5O4S/c1-16-12-17-4-3-5-20(17)23(29-24(33)30-37(34,35)32-14-25(26,27)15-32)22(16)18-6-9-28-21(13-18)36-19-7-10-31(2)11-8-19/h6-7,9,12-13H,3-5,8,10-11,14-15H2,1-2H3,(H2,29,30,33). The lowest BCUT2D eigenvalue weighted by Gasteiger charge is -2.37. The Morgan fingerprint density at radius 1 is 1.19 bits per heavy atom. The highest BCUT2D eigenvalue weighted by molar-refractivity contribution is 7.87. The van der Waals surface area contributed by atoms with E-state index in [0.29, 0.717) is 15.9 Å². The summed E-state index contributed by atoms with van der Waals surface area (Å²) in [4.78, 5) is 19.3. The van der Waals surface area contributed by atoms with Crippen LogP contribution in [0.5, 0.6) is 5.88 Å². The molecule has 3 heterocycles. The van der Waals surface area contributed by atoms with E-state index in [2.05, 4.69) is 21.3 Å². The van der Waals surface area contributed by atoms with Gasteiger partial charge >= 0.3 is 16.2 Å². The monoisotopic (exact) mass is 533 g/mol. The van der Waals surface area contributed by atoms with Crippen LogP contribution in [0.3, 0.4) is 0 Å². The van der Waals surface area contributed by atoms with Crippen LogP contribution >= 0.6 is 0 Å². The number of hydrogen-bond acceptors (Lipinski definition) is 6. The number of alkyl halides is 2. The summed E-state index contributed by atoms with van der Waals surface area (Å²) in [5, 5.41) is 2.71. The Morgan fingerprint density at radius 3 is 2.68 bits per heavy atom. The second-order valence-corrected chi connectivity index (χ2v) is 11.5. The smallest absolute Gasteiger partial charge is 0.333 e. The fourth-order valence-electron chi connectivity index (χ4n) is 4.96. The van der Waals surface area contributed by atoms with Crippen LogP contribution in [-0.2, 0) is 23.1 Å². The van der Waals surface area contributed by atoms with Crippen LogP contribution in [0.25, 0.3) is 11.1 Å². The molecule has 1 aromatic heterocycles. The number of fused-ring (bicyclic) bond motifs is 1. The zero-order valence-corrected chi connectivity index (χ0v) is 21.5. The van der Waals surface area contributed by atoms with Crippen molar-refractivity contribution in [2.45, 2.75) is 38.5 Å². The van der Waals surface area contributed by atoms with Gasteiger partial charge in [0.05, 0.1) is 18.8 Å². The Bertz CT molecular complexity index is 1370. The van der Waals surface area contributed by atoms with Gasteiger partial charge in [-0.2, -0.15) is 12.7 Å². The van der Waals surface area contributed by atoms with Crippen LogP contribution in [0.1, 0.15) is 29.5 Å². The number of hydrogen-bond donors (Lipinski definition) is 2. The topological polar surface area (TPSA) is 104 Å². The van der Waals surface area contributed by atoms with Crippen molar-refractivity contribution in [3.05, 3.63) is 52.9 Å². The lowest BCUT2D eigenvalue weighted by molar-refractivity contribution is -0.0948. The number of nitrogens with zero attached hydrogens (tertiary/aromatic N) is 3. The van der Waals surface area contributed by atoms with Gasteiger partial charge in [0.25, 0.3) is 5.92 Å². The van der Waals surface area contributed by atoms with Crippen molar-refractivity contribution >= 4 is 21.9 Å². The van der Waals surface area contributed by atoms with E-state index in [9.17, 15) is 22.0 Å². The van der Waals surface area contributed by atoms with Gasteiger partial charge in [-0.15, -0.1) is 0 Å². The summed E-state index contributed by atoms with van der Waals surface area (Å²) in [5.74, 6) is -1.82. The minimum Gasteiger partial charge on any atom is -0.444 e. The average Bonchev–Trinajstić information content (AvgIpc) is 3.27. The van der Waals surface area contributed by atoms with E-state index in [1.807, 2.05) is 30.8 Å². The van der Waals surface area contributed by atoms with E-state index in [-0.39, 0.29) is 0 Å². The summed E-state index contributed by atoms with van der Waals surface area (Å²) in [7, 11) is -2.35. The molecule has 1 aromatic carbocycles. The molecule has 1 fully saturated rings. The highest BCUT2D eigenvalue weighted by Gasteiger charge is 2.50. The number of anilines is 1. The number of likely N-dealkylation sites (N-methyl/N-ethyl adjacent to an activating group) is 1. The molecule has 12 heteroatoms. The predicted molar refractivity (Wildman–Crippen MR) is 135 cm³/mol. The molecule has 2 aromatic rings. The van der Waals surface area contributed by atoms with Crippen molar-refractivity contribution in [2.24, 2.45) is 0 Å². The first kappa shape index (κ1) is 25.6. The number of aryl methyl sites for hydroxylation is 2. The third-order valence-electron chi connectivity index (χ3n) is 6.84. The van der Waals surface area contributed by atoms with Crippen LogP contribution in [-0.4, -0.2) is 67.8 Å². The molecule has 1 aliphatic carbocycles. The van der Waals surface area contributed by atoms with Crippen LogP contribution in [0.15, 0.2) is 36.2 Å². The normalized spacial score (nSPS) is 19.5. The summed E-state index contributed by atoms with van der Waals surface area (Å²) in [6.07, 6.45) is 6.89. The maximum Gasteiger partial charge on any atom is 0.333 e. The van der Waals surface area contributed by atoms with Gasteiger partial charge in [-0.3, -0.25) is 0 Å². The quantitative estimate of drug-likeness (QED) is 0.590. The van der Waals surface area contributed by atoms with Crippen LogP contribution in [0.2, 0.25) is 0 Å². The van der Waals surface area contributed by atoms with Gasteiger partial charge in [-0.1, -0.05) is 6.07 Å². The molecule has 2 N–H and O–H groups in total. The maximum atomic E-state index is 13.2. The zero-order valence-electron chi connectivity index (χ0n) is 20.7. The number of amides is 2. The summed E-state index contributed by atoms with van der Waals surface area (Å²) in [5.41, 5.74) is 4.91. The van der Waals surface area contributed by atoms with E-state index in [4.69, 9.17) is 4.74 Å². The largest absolute Gasteiger partial charge is 0.444 e. The molecule has 0 bridgehead atoms. The molecule has 3 aliphatic rings. The molecule has 0 saturated carbocycles. The highest BCUT2D eigenvalue weighted by Crippen LogP contribution is 2.41. The van der Waals surface area contributed by atoms with Crippen molar-refractivity contribution in [2.75, 3.05) is 38.5 Å². The number of aromatic nitrogens is 1. The van der Waals surface area contributed by atoms with Crippen molar-refractivity contribution in [1.29, 1.82) is 0 Å². The number of benzene rings is 1. The Kier molecular flexibility index (Phi) is 6.67. The first-order valence-electron chi connectivity index (χ1n) is 12.1. The Morgan fingerprint density at radius 2 is 1.97 bits per heavy atom. The third-order valence-corrected chi connectivity index (χ3v) is 8.22. The molecule has 1 saturated heterocycles. The molecule has 2 aliphatic heterocycles. The van der Waals surface area contributed by atoms with Crippen molar-refractivity contribution < 1.29 is 26.7 Å². The zero-order chi connectivity index (χ0) is 26.4. The first-order valence-corrected chi connectivity index (χ1v) is 13.6. The average molecular weight is 534 g/mol. The predicted octanol–water partition coefficient (Wildman–Crippen LogP) is 3.46. The van der Waals surface area contributed by atoms with Crippen LogP contribution < -0.4 is 14.8 Å².